The number of nitrogens with zero attached hydrogens (tertiary/aromatic N) is 4. The number of fused-ring (bicyclic) bond motifs is 1. The predicted molar refractivity (Wildman–Crippen MR) is 72.8 cm³/mol. The van der Waals surface area contributed by atoms with Crippen LogP contribution in [0.4, 0.5) is 13.2 Å². The van der Waals surface area contributed by atoms with E-state index in [0.717, 1.165) is 12.3 Å². The molecule has 0 saturated carbocycles. The summed E-state index contributed by atoms with van der Waals surface area (Å²) in [5, 5.41) is 3.91. The molecule has 3 aromatic heterocycles. The maximum absolute atomic E-state index is 12.9. The fourth-order valence-electron chi connectivity index (χ4n) is 2.05. The zero-order valence-electron chi connectivity index (χ0n) is 11.1. The minimum absolute atomic E-state index is 0.00801. The minimum Gasteiger partial charge on any atom is -0.481 e. The van der Waals surface area contributed by atoms with Crippen LogP contribution >= 0.6 is 11.6 Å². The first kappa shape index (κ1) is 14.6. The van der Waals surface area contributed by atoms with E-state index in [4.69, 9.17) is 16.3 Å². The standard InChI is InChI=1S/C13H8ClF3N4O/c1-22-11-9(5-7(6-18-11)13(15,16)17)8-3-2-4-21-10(8)19-12(14)20-21/h2-6H,1H3. The van der Waals surface area contributed by atoms with Crippen LogP contribution in [-0.4, -0.2) is 26.7 Å². The van der Waals surface area contributed by atoms with Crippen LogP contribution in [0.5, 0.6) is 5.88 Å². The van der Waals surface area contributed by atoms with Gasteiger partial charge in [-0.15, -0.1) is 5.10 Å². The SMILES string of the molecule is COc1ncc(C(F)(F)F)cc1-c1cccn2nc(Cl)nc12. The fourth-order valence-corrected chi connectivity index (χ4v) is 2.21. The molecule has 0 unspecified atom stereocenters. The van der Waals surface area contributed by atoms with E-state index in [9.17, 15) is 13.2 Å². The molecule has 0 amide bonds. The van der Waals surface area contributed by atoms with Gasteiger partial charge in [-0.2, -0.15) is 18.2 Å². The van der Waals surface area contributed by atoms with Crippen molar-refractivity contribution >= 4 is 17.2 Å². The number of methoxy groups -OCH3 is 1. The Labute approximate surface area is 127 Å². The molecular weight excluding hydrogens is 321 g/mol. The summed E-state index contributed by atoms with van der Waals surface area (Å²) in [6.45, 7) is 0. The summed E-state index contributed by atoms with van der Waals surface area (Å²) >= 11 is 5.75. The van der Waals surface area contributed by atoms with Crippen LogP contribution in [0.1, 0.15) is 5.56 Å². The molecule has 3 heterocycles. The Morgan fingerprint density at radius 2 is 2.05 bits per heavy atom. The van der Waals surface area contributed by atoms with Crippen molar-refractivity contribution in [3.05, 3.63) is 41.4 Å². The number of hydrogen-bond donors (Lipinski definition) is 0. The number of pyridine rings is 2. The van der Waals surface area contributed by atoms with Gasteiger partial charge in [-0.05, 0) is 29.8 Å². The molecule has 0 spiro atoms. The third kappa shape index (κ3) is 2.45. The molecule has 5 nitrogen and oxygen atoms in total. The molecule has 0 saturated heterocycles. The third-order valence-corrected chi connectivity index (χ3v) is 3.16. The second-order valence-corrected chi connectivity index (χ2v) is 4.69. The first-order valence-electron chi connectivity index (χ1n) is 6.02. The molecule has 0 aliphatic carbocycles. The van der Waals surface area contributed by atoms with Crippen LogP contribution in [0.25, 0.3) is 16.8 Å². The zero-order valence-corrected chi connectivity index (χ0v) is 11.9. The minimum atomic E-state index is -4.51. The number of aromatic nitrogens is 4. The van der Waals surface area contributed by atoms with Crippen LogP contribution in [0.15, 0.2) is 30.6 Å². The highest BCUT2D eigenvalue weighted by molar-refractivity contribution is 6.28. The molecule has 3 aromatic rings. The molecule has 22 heavy (non-hydrogen) atoms. The molecule has 0 atom stereocenters. The van der Waals surface area contributed by atoms with Gasteiger partial charge in [0.25, 0.3) is 0 Å². The summed E-state index contributed by atoms with van der Waals surface area (Å²) in [4.78, 5) is 7.73. The summed E-state index contributed by atoms with van der Waals surface area (Å²) in [5.74, 6) is 0.0558. The van der Waals surface area contributed by atoms with Gasteiger partial charge >= 0.3 is 6.18 Å². The van der Waals surface area contributed by atoms with Crippen molar-refractivity contribution in [2.75, 3.05) is 7.11 Å². The van der Waals surface area contributed by atoms with E-state index in [0.29, 0.717) is 11.2 Å². The van der Waals surface area contributed by atoms with Crippen LogP contribution in [0.2, 0.25) is 5.28 Å². The van der Waals surface area contributed by atoms with E-state index >= 15 is 0 Å². The topological polar surface area (TPSA) is 52.3 Å². The summed E-state index contributed by atoms with van der Waals surface area (Å²) in [5.41, 5.74) is -0.0211. The van der Waals surface area contributed by atoms with E-state index in [2.05, 4.69) is 15.1 Å². The summed E-state index contributed by atoms with van der Waals surface area (Å²) < 4.78 is 45.1. The Morgan fingerprint density at radius 1 is 1.27 bits per heavy atom. The highest BCUT2D eigenvalue weighted by atomic mass is 35.5. The van der Waals surface area contributed by atoms with Crippen molar-refractivity contribution in [3.8, 4) is 17.0 Å². The van der Waals surface area contributed by atoms with E-state index in [1.165, 1.54) is 11.6 Å². The zero-order chi connectivity index (χ0) is 15.9. The van der Waals surface area contributed by atoms with Gasteiger partial charge < -0.3 is 4.74 Å². The quantitative estimate of drug-likeness (QED) is 0.723. The lowest BCUT2D eigenvalue weighted by atomic mass is 10.1. The van der Waals surface area contributed by atoms with Gasteiger partial charge in [0.2, 0.25) is 11.2 Å². The van der Waals surface area contributed by atoms with Gasteiger partial charge in [0.05, 0.1) is 12.7 Å². The Hall–Kier alpha value is -2.35. The van der Waals surface area contributed by atoms with Gasteiger partial charge in [-0.3, -0.25) is 0 Å². The number of ether oxygens (including phenoxy) is 1. The Morgan fingerprint density at radius 3 is 2.73 bits per heavy atom. The third-order valence-electron chi connectivity index (χ3n) is 3.00. The second kappa shape index (κ2) is 5.13. The van der Waals surface area contributed by atoms with Gasteiger partial charge in [0.15, 0.2) is 5.65 Å². The molecule has 0 radical (unpaired) electrons. The molecule has 0 aromatic carbocycles. The van der Waals surface area contributed by atoms with Crippen molar-refractivity contribution in [3.63, 3.8) is 0 Å². The van der Waals surface area contributed by atoms with E-state index < -0.39 is 11.7 Å². The Kier molecular flexibility index (Phi) is 3.40. The second-order valence-electron chi connectivity index (χ2n) is 4.35. The molecule has 0 aliphatic heterocycles. The lowest BCUT2D eigenvalue weighted by molar-refractivity contribution is -0.137. The largest absolute Gasteiger partial charge is 0.481 e. The first-order chi connectivity index (χ1) is 10.4. The van der Waals surface area contributed by atoms with Gasteiger partial charge in [0.1, 0.15) is 0 Å². The number of halogens is 4. The Bertz CT molecular complexity index is 847. The summed E-state index contributed by atoms with van der Waals surface area (Å²) in [7, 11) is 1.33. The highest BCUT2D eigenvalue weighted by Gasteiger charge is 2.32. The lowest BCUT2D eigenvalue weighted by Crippen LogP contribution is -2.07. The van der Waals surface area contributed by atoms with Crippen LogP contribution in [-0.2, 0) is 6.18 Å². The average molecular weight is 329 g/mol. The molecular formula is C13H8ClF3N4O. The lowest BCUT2D eigenvalue weighted by Gasteiger charge is -2.12. The van der Waals surface area contributed by atoms with Crippen LogP contribution in [0, 0.1) is 0 Å². The Balaban J connectivity index is 2.29. The van der Waals surface area contributed by atoms with E-state index in [-0.39, 0.29) is 16.7 Å². The van der Waals surface area contributed by atoms with Crippen molar-refractivity contribution in [1.82, 2.24) is 19.6 Å². The maximum Gasteiger partial charge on any atom is 0.417 e. The maximum atomic E-state index is 12.9. The normalized spacial score (nSPS) is 11.9. The van der Waals surface area contributed by atoms with Crippen molar-refractivity contribution < 1.29 is 17.9 Å². The van der Waals surface area contributed by atoms with Crippen molar-refractivity contribution in [2.24, 2.45) is 0 Å². The highest BCUT2D eigenvalue weighted by Crippen LogP contribution is 2.36. The molecule has 9 heteroatoms. The van der Waals surface area contributed by atoms with Crippen LogP contribution < -0.4 is 4.74 Å². The molecule has 0 fully saturated rings. The monoisotopic (exact) mass is 328 g/mol. The number of rotatable bonds is 2. The summed E-state index contributed by atoms with van der Waals surface area (Å²) in [6.07, 6.45) is -2.20. The van der Waals surface area contributed by atoms with Crippen molar-refractivity contribution in [1.29, 1.82) is 0 Å². The number of alkyl halides is 3. The molecule has 0 bridgehead atoms. The van der Waals surface area contributed by atoms with E-state index in [1.54, 1.807) is 18.3 Å². The summed E-state index contributed by atoms with van der Waals surface area (Å²) in [6, 6.07) is 4.18. The fraction of sp³-hybridized carbons (Fsp3) is 0.154. The van der Waals surface area contributed by atoms with Crippen molar-refractivity contribution in [2.45, 2.75) is 6.18 Å². The molecule has 0 N–H and O–H groups in total. The molecule has 3 rings (SSSR count). The molecule has 0 aliphatic rings. The van der Waals surface area contributed by atoms with Gasteiger partial charge in [-0.1, -0.05) is 0 Å². The van der Waals surface area contributed by atoms with Gasteiger partial charge in [0, 0.05) is 23.5 Å². The molecule has 114 valence electrons. The first-order valence-corrected chi connectivity index (χ1v) is 6.40. The predicted octanol–water partition coefficient (Wildman–Crippen LogP) is 3.47. The van der Waals surface area contributed by atoms with E-state index in [1.807, 2.05) is 0 Å². The smallest absolute Gasteiger partial charge is 0.417 e. The number of hydrogen-bond acceptors (Lipinski definition) is 4. The van der Waals surface area contributed by atoms with Gasteiger partial charge in [-0.25, -0.2) is 9.50 Å². The average Bonchev–Trinajstić information content (AvgIpc) is 2.85. The van der Waals surface area contributed by atoms with Crippen LogP contribution in [0.3, 0.4) is 0 Å².